The number of fused-ring (bicyclic) bond motifs is 1. The van der Waals surface area contributed by atoms with Gasteiger partial charge in [0, 0.05) is 36.7 Å². The summed E-state index contributed by atoms with van der Waals surface area (Å²) < 4.78 is 28.5. The van der Waals surface area contributed by atoms with Crippen molar-refractivity contribution >= 4 is 21.6 Å². The van der Waals surface area contributed by atoms with Gasteiger partial charge in [0.1, 0.15) is 0 Å². The molecule has 2 aliphatic heterocycles. The highest BCUT2D eigenvalue weighted by Crippen LogP contribution is 2.44. The maximum atomic E-state index is 13.4. The van der Waals surface area contributed by atoms with E-state index in [0.29, 0.717) is 30.4 Å². The fraction of sp³-hybridized carbons (Fsp3) is 0.500. The van der Waals surface area contributed by atoms with Gasteiger partial charge in [-0.2, -0.15) is 4.31 Å². The summed E-state index contributed by atoms with van der Waals surface area (Å²) in [5.41, 5.74) is 2.91. The Morgan fingerprint density at radius 1 is 1.00 bits per heavy atom. The van der Waals surface area contributed by atoms with Crippen molar-refractivity contribution in [1.29, 1.82) is 0 Å². The Kier molecular flexibility index (Phi) is 5.41. The highest BCUT2D eigenvalue weighted by atomic mass is 32.2. The van der Waals surface area contributed by atoms with Crippen LogP contribution in [0.5, 0.6) is 0 Å². The molecule has 5 nitrogen and oxygen atoms in total. The number of nitrogens with zero attached hydrogens (tertiary/aromatic N) is 2. The van der Waals surface area contributed by atoms with Crippen LogP contribution in [0.15, 0.2) is 53.4 Å². The molecule has 2 aromatic carbocycles. The Morgan fingerprint density at radius 2 is 1.69 bits per heavy atom. The van der Waals surface area contributed by atoms with E-state index in [-0.39, 0.29) is 17.2 Å². The molecule has 170 valence electrons. The number of amides is 1. The molecule has 6 heteroatoms. The second-order valence-electron chi connectivity index (χ2n) is 10.3. The fourth-order valence-corrected chi connectivity index (χ4v) is 6.71. The average molecular weight is 453 g/mol. The van der Waals surface area contributed by atoms with Gasteiger partial charge in [-0.25, -0.2) is 8.42 Å². The van der Waals surface area contributed by atoms with E-state index >= 15 is 0 Å². The molecule has 0 bridgehead atoms. The normalized spacial score (nSPS) is 21.5. The Bertz CT molecular complexity index is 1120. The molecule has 0 aromatic heterocycles. The summed E-state index contributed by atoms with van der Waals surface area (Å²) in [6.45, 7) is 5.93. The summed E-state index contributed by atoms with van der Waals surface area (Å²) in [5.74, 6) is 0.857. The van der Waals surface area contributed by atoms with E-state index in [0.717, 1.165) is 43.4 Å². The summed E-state index contributed by atoms with van der Waals surface area (Å²) in [6.07, 6.45) is 4.71. The molecule has 0 N–H and O–H groups in total. The van der Waals surface area contributed by atoms with Crippen LogP contribution >= 0.6 is 0 Å². The highest BCUT2D eigenvalue weighted by molar-refractivity contribution is 7.89. The molecule has 0 radical (unpaired) electrons. The van der Waals surface area contributed by atoms with Gasteiger partial charge in [-0.3, -0.25) is 4.79 Å². The topological polar surface area (TPSA) is 57.7 Å². The quantitative estimate of drug-likeness (QED) is 0.677. The summed E-state index contributed by atoms with van der Waals surface area (Å²) in [6, 6.07) is 15.8. The first-order chi connectivity index (χ1) is 15.3. The number of rotatable bonds is 5. The van der Waals surface area contributed by atoms with Crippen LogP contribution in [0.4, 0.5) is 5.69 Å². The van der Waals surface area contributed by atoms with Crippen LogP contribution in [-0.2, 0) is 26.7 Å². The Labute approximate surface area is 191 Å². The van der Waals surface area contributed by atoms with Crippen molar-refractivity contribution in [1.82, 2.24) is 4.31 Å². The standard InChI is InChI=1S/C26H32N2O3S/c1-26(2)18-28(25(29)21-8-9-21)24-11-10-22(17-23(24)26)32(30,31)27-14-12-20(13-15-27)16-19-6-4-3-5-7-19/h3-7,10-11,17,20-21H,8-9,12-16,18H2,1-2H3. The second-order valence-corrected chi connectivity index (χ2v) is 12.2. The number of anilines is 1. The first-order valence-corrected chi connectivity index (χ1v) is 13.2. The molecule has 0 unspecified atom stereocenters. The van der Waals surface area contributed by atoms with E-state index in [1.165, 1.54) is 5.56 Å². The maximum absolute atomic E-state index is 13.4. The van der Waals surface area contributed by atoms with Crippen LogP contribution in [0.3, 0.4) is 0 Å². The number of piperidine rings is 1. The summed E-state index contributed by atoms with van der Waals surface area (Å²) in [4.78, 5) is 15.0. The van der Waals surface area contributed by atoms with Crippen molar-refractivity contribution in [2.24, 2.45) is 11.8 Å². The molecule has 0 atom stereocenters. The molecular formula is C26H32N2O3S. The van der Waals surface area contributed by atoms with Crippen LogP contribution in [0.1, 0.15) is 50.7 Å². The molecular weight excluding hydrogens is 420 g/mol. The van der Waals surface area contributed by atoms with Gasteiger partial charge < -0.3 is 4.90 Å². The Balaban J connectivity index is 1.32. The molecule has 0 spiro atoms. The first kappa shape index (κ1) is 21.7. The highest BCUT2D eigenvalue weighted by Gasteiger charge is 2.43. The van der Waals surface area contributed by atoms with E-state index in [1.807, 2.05) is 23.1 Å². The van der Waals surface area contributed by atoms with E-state index in [2.05, 4.69) is 38.1 Å². The van der Waals surface area contributed by atoms with Gasteiger partial charge in [-0.15, -0.1) is 0 Å². The SMILES string of the molecule is CC1(C)CN(C(=O)C2CC2)c2ccc(S(=O)(=O)N3CCC(Cc4ccccc4)CC3)cc21. The first-order valence-electron chi connectivity index (χ1n) is 11.8. The van der Waals surface area contributed by atoms with E-state index in [1.54, 1.807) is 10.4 Å². The van der Waals surface area contributed by atoms with E-state index < -0.39 is 10.0 Å². The Morgan fingerprint density at radius 3 is 2.34 bits per heavy atom. The number of sulfonamides is 1. The molecule has 1 saturated heterocycles. The third-order valence-corrected chi connectivity index (χ3v) is 9.21. The van der Waals surface area contributed by atoms with Gasteiger partial charge in [0.15, 0.2) is 0 Å². The van der Waals surface area contributed by atoms with Gasteiger partial charge in [0.2, 0.25) is 15.9 Å². The third kappa shape index (κ3) is 3.99. The van der Waals surface area contributed by atoms with Crippen molar-refractivity contribution < 1.29 is 13.2 Å². The van der Waals surface area contributed by atoms with Crippen molar-refractivity contribution in [2.45, 2.75) is 56.3 Å². The Hall–Kier alpha value is -2.18. The van der Waals surface area contributed by atoms with Crippen LogP contribution < -0.4 is 4.90 Å². The predicted molar refractivity (Wildman–Crippen MR) is 126 cm³/mol. The van der Waals surface area contributed by atoms with Crippen LogP contribution in [-0.4, -0.2) is 38.3 Å². The molecule has 1 aliphatic carbocycles. The molecule has 2 fully saturated rings. The molecule has 1 saturated carbocycles. The fourth-order valence-electron chi connectivity index (χ4n) is 5.22. The summed E-state index contributed by atoms with van der Waals surface area (Å²) in [5, 5.41) is 0. The zero-order valence-corrected chi connectivity index (χ0v) is 19.8. The molecule has 3 aliphatic rings. The zero-order valence-electron chi connectivity index (χ0n) is 19.0. The molecule has 32 heavy (non-hydrogen) atoms. The average Bonchev–Trinajstić information content (AvgIpc) is 3.59. The van der Waals surface area contributed by atoms with Gasteiger partial charge in [0.25, 0.3) is 0 Å². The van der Waals surface area contributed by atoms with Crippen molar-refractivity contribution in [2.75, 3.05) is 24.5 Å². The molecule has 5 rings (SSSR count). The maximum Gasteiger partial charge on any atom is 0.243 e. The third-order valence-electron chi connectivity index (χ3n) is 7.31. The molecule has 2 heterocycles. The van der Waals surface area contributed by atoms with E-state index in [4.69, 9.17) is 0 Å². The second kappa shape index (κ2) is 7.99. The lowest BCUT2D eigenvalue weighted by molar-refractivity contribution is -0.119. The smallest absolute Gasteiger partial charge is 0.243 e. The number of carbonyl (C=O) groups is 1. The molecule has 1 amide bonds. The van der Waals surface area contributed by atoms with Gasteiger partial charge in [-0.1, -0.05) is 44.2 Å². The minimum absolute atomic E-state index is 0.150. The van der Waals surface area contributed by atoms with Crippen molar-refractivity contribution in [3.8, 4) is 0 Å². The van der Waals surface area contributed by atoms with Gasteiger partial charge in [-0.05, 0) is 67.3 Å². The summed E-state index contributed by atoms with van der Waals surface area (Å²) >= 11 is 0. The number of carbonyl (C=O) groups excluding carboxylic acids is 1. The zero-order chi connectivity index (χ0) is 22.5. The number of hydrogen-bond acceptors (Lipinski definition) is 3. The minimum Gasteiger partial charge on any atom is -0.311 e. The van der Waals surface area contributed by atoms with Crippen LogP contribution in [0, 0.1) is 11.8 Å². The largest absolute Gasteiger partial charge is 0.311 e. The predicted octanol–water partition coefficient (Wildman–Crippen LogP) is 4.36. The van der Waals surface area contributed by atoms with E-state index in [9.17, 15) is 13.2 Å². The van der Waals surface area contributed by atoms with Crippen molar-refractivity contribution in [3.05, 3.63) is 59.7 Å². The summed E-state index contributed by atoms with van der Waals surface area (Å²) in [7, 11) is -3.54. The van der Waals surface area contributed by atoms with Crippen LogP contribution in [0.25, 0.3) is 0 Å². The lowest BCUT2D eigenvalue weighted by atomic mass is 9.87. The lowest BCUT2D eigenvalue weighted by Gasteiger charge is -2.31. The van der Waals surface area contributed by atoms with Gasteiger partial charge >= 0.3 is 0 Å². The van der Waals surface area contributed by atoms with Crippen molar-refractivity contribution in [3.63, 3.8) is 0 Å². The number of hydrogen-bond donors (Lipinski definition) is 0. The van der Waals surface area contributed by atoms with Crippen LogP contribution in [0.2, 0.25) is 0 Å². The minimum atomic E-state index is -3.54. The lowest BCUT2D eigenvalue weighted by Crippen LogP contribution is -2.39. The number of benzene rings is 2. The van der Waals surface area contributed by atoms with Gasteiger partial charge in [0.05, 0.1) is 4.90 Å². The molecule has 2 aromatic rings. The monoisotopic (exact) mass is 452 g/mol.